The van der Waals surface area contributed by atoms with Crippen LogP contribution in [0.5, 0.6) is 0 Å². The standard InChI is InChI=1S/C30H30O5/c1-5-34-26(31)20-13-21-11-14-25(15-12-21)28(32)27(29(33)35-30(2,3)4)24-18-16-23(17-19-24)22-9-7-6-8-10-22/h6-20,27H,5H2,1-4H3/b20-13+. The van der Waals surface area contributed by atoms with Crippen LogP contribution in [0.1, 0.15) is 55.1 Å². The minimum Gasteiger partial charge on any atom is -0.463 e. The fourth-order valence-corrected chi connectivity index (χ4v) is 3.53. The highest BCUT2D eigenvalue weighted by Gasteiger charge is 2.33. The number of ketones is 1. The van der Waals surface area contributed by atoms with Gasteiger partial charge in [0.15, 0.2) is 5.78 Å². The summed E-state index contributed by atoms with van der Waals surface area (Å²) < 4.78 is 10.5. The van der Waals surface area contributed by atoms with Crippen molar-refractivity contribution in [1.82, 2.24) is 0 Å². The Kier molecular flexibility index (Phi) is 8.37. The van der Waals surface area contributed by atoms with E-state index in [1.807, 2.05) is 42.5 Å². The molecule has 35 heavy (non-hydrogen) atoms. The smallest absolute Gasteiger partial charge is 0.330 e. The number of carbonyl (C=O) groups is 3. The van der Waals surface area contributed by atoms with Crippen LogP contribution in [0.25, 0.3) is 17.2 Å². The van der Waals surface area contributed by atoms with Crippen molar-refractivity contribution in [2.75, 3.05) is 6.61 Å². The topological polar surface area (TPSA) is 69.7 Å². The monoisotopic (exact) mass is 470 g/mol. The molecule has 0 spiro atoms. The highest BCUT2D eigenvalue weighted by molar-refractivity contribution is 6.13. The number of rotatable bonds is 8. The van der Waals surface area contributed by atoms with E-state index in [4.69, 9.17) is 9.47 Å². The lowest BCUT2D eigenvalue weighted by atomic mass is 9.89. The zero-order chi connectivity index (χ0) is 25.4. The largest absolute Gasteiger partial charge is 0.463 e. The van der Waals surface area contributed by atoms with Gasteiger partial charge in [0, 0.05) is 11.6 Å². The third kappa shape index (κ3) is 7.24. The average Bonchev–Trinajstić information content (AvgIpc) is 2.83. The molecule has 1 atom stereocenters. The van der Waals surface area contributed by atoms with Gasteiger partial charge in [0.2, 0.25) is 0 Å². The summed E-state index contributed by atoms with van der Waals surface area (Å²) in [5, 5.41) is 0. The van der Waals surface area contributed by atoms with E-state index in [-0.39, 0.29) is 5.78 Å². The van der Waals surface area contributed by atoms with Crippen LogP contribution >= 0.6 is 0 Å². The number of ether oxygens (including phenoxy) is 2. The number of Topliss-reactive ketones (excluding diaryl/α,β-unsaturated/α-hetero) is 1. The molecule has 0 aromatic heterocycles. The fraction of sp³-hybridized carbons (Fsp3) is 0.233. The second-order valence-corrected chi connectivity index (χ2v) is 9.03. The van der Waals surface area contributed by atoms with E-state index in [0.29, 0.717) is 17.7 Å². The highest BCUT2D eigenvalue weighted by atomic mass is 16.6. The fourth-order valence-electron chi connectivity index (χ4n) is 3.53. The molecule has 3 rings (SSSR count). The van der Waals surface area contributed by atoms with Crippen molar-refractivity contribution in [3.63, 3.8) is 0 Å². The Morgan fingerprint density at radius 1 is 0.829 bits per heavy atom. The van der Waals surface area contributed by atoms with E-state index in [2.05, 4.69) is 0 Å². The molecule has 0 fully saturated rings. The summed E-state index contributed by atoms with van der Waals surface area (Å²) in [6.07, 6.45) is 2.94. The predicted molar refractivity (Wildman–Crippen MR) is 137 cm³/mol. The van der Waals surface area contributed by atoms with Gasteiger partial charge in [-0.1, -0.05) is 78.9 Å². The van der Waals surface area contributed by atoms with Gasteiger partial charge < -0.3 is 9.47 Å². The molecule has 180 valence electrons. The average molecular weight is 471 g/mol. The molecule has 3 aromatic rings. The van der Waals surface area contributed by atoms with Crippen LogP contribution < -0.4 is 0 Å². The number of benzene rings is 3. The summed E-state index contributed by atoms with van der Waals surface area (Å²) in [7, 11) is 0. The van der Waals surface area contributed by atoms with E-state index in [9.17, 15) is 14.4 Å². The van der Waals surface area contributed by atoms with Crippen LogP contribution in [0.4, 0.5) is 0 Å². The van der Waals surface area contributed by atoms with E-state index >= 15 is 0 Å². The quantitative estimate of drug-likeness (QED) is 0.169. The molecule has 0 bridgehead atoms. The lowest BCUT2D eigenvalue weighted by molar-refractivity contribution is -0.155. The Bertz CT molecular complexity index is 1180. The van der Waals surface area contributed by atoms with Crippen LogP contribution in [0.3, 0.4) is 0 Å². The van der Waals surface area contributed by atoms with Crippen molar-refractivity contribution in [2.24, 2.45) is 0 Å². The molecule has 0 aliphatic heterocycles. The maximum Gasteiger partial charge on any atom is 0.330 e. The minimum atomic E-state index is -1.10. The lowest BCUT2D eigenvalue weighted by Gasteiger charge is -2.24. The Balaban J connectivity index is 1.89. The Morgan fingerprint density at radius 2 is 1.43 bits per heavy atom. The summed E-state index contributed by atoms with van der Waals surface area (Å²) >= 11 is 0. The van der Waals surface area contributed by atoms with E-state index in [1.165, 1.54) is 6.08 Å². The van der Waals surface area contributed by atoms with Crippen molar-refractivity contribution >= 4 is 23.8 Å². The van der Waals surface area contributed by atoms with Crippen LogP contribution in [0.2, 0.25) is 0 Å². The van der Waals surface area contributed by atoms with Crippen molar-refractivity contribution in [2.45, 2.75) is 39.2 Å². The molecular formula is C30H30O5. The van der Waals surface area contributed by atoms with Gasteiger partial charge in [0.25, 0.3) is 0 Å². The molecule has 0 amide bonds. The van der Waals surface area contributed by atoms with Crippen LogP contribution in [-0.2, 0) is 19.1 Å². The van der Waals surface area contributed by atoms with E-state index < -0.39 is 23.5 Å². The third-order valence-electron chi connectivity index (χ3n) is 5.15. The molecule has 0 radical (unpaired) electrons. The van der Waals surface area contributed by atoms with Crippen molar-refractivity contribution in [3.8, 4) is 11.1 Å². The third-order valence-corrected chi connectivity index (χ3v) is 5.15. The number of hydrogen-bond acceptors (Lipinski definition) is 5. The van der Waals surface area contributed by atoms with Crippen molar-refractivity contribution in [3.05, 3.63) is 102 Å². The predicted octanol–water partition coefficient (Wildman–Crippen LogP) is 6.24. The van der Waals surface area contributed by atoms with Gasteiger partial charge >= 0.3 is 11.9 Å². The lowest BCUT2D eigenvalue weighted by Crippen LogP contribution is -2.31. The second-order valence-electron chi connectivity index (χ2n) is 9.03. The van der Waals surface area contributed by atoms with Gasteiger partial charge in [-0.15, -0.1) is 0 Å². The molecule has 0 saturated carbocycles. The molecule has 5 heteroatoms. The van der Waals surface area contributed by atoms with Crippen LogP contribution in [-0.4, -0.2) is 29.9 Å². The van der Waals surface area contributed by atoms with Crippen LogP contribution in [0, 0.1) is 0 Å². The summed E-state index contributed by atoms with van der Waals surface area (Å²) in [5.41, 5.74) is 2.97. The van der Waals surface area contributed by atoms with Crippen LogP contribution in [0.15, 0.2) is 84.9 Å². The van der Waals surface area contributed by atoms with E-state index in [1.54, 1.807) is 70.2 Å². The molecule has 0 saturated heterocycles. The van der Waals surface area contributed by atoms with Gasteiger partial charge in [-0.3, -0.25) is 9.59 Å². The summed E-state index contributed by atoms with van der Waals surface area (Å²) in [6, 6.07) is 24.0. The molecule has 0 heterocycles. The molecular weight excluding hydrogens is 440 g/mol. The first-order valence-electron chi connectivity index (χ1n) is 11.6. The molecule has 0 aliphatic rings. The Morgan fingerprint density at radius 3 is 2.00 bits per heavy atom. The van der Waals surface area contributed by atoms with Crippen molar-refractivity contribution in [1.29, 1.82) is 0 Å². The van der Waals surface area contributed by atoms with Gasteiger partial charge in [-0.25, -0.2) is 4.79 Å². The number of hydrogen-bond donors (Lipinski definition) is 0. The number of esters is 2. The zero-order valence-electron chi connectivity index (χ0n) is 20.5. The number of carbonyl (C=O) groups excluding carboxylic acids is 3. The SMILES string of the molecule is CCOC(=O)/C=C/c1ccc(C(=O)C(C(=O)OC(C)(C)C)c2ccc(-c3ccccc3)cc2)cc1. The summed E-state index contributed by atoms with van der Waals surface area (Å²) in [6.45, 7) is 7.36. The second kappa shape index (κ2) is 11.4. The molecule has 0 aliphatic carbocycles. The maximum atomic E-state index is 13.5. The Labute approximate surface area is 206 Å². The van der Waals surface area contributed by atoms with Gasteiger partial charge in [-0.05, 0) is 56.0 Å². The first-order chi connectivity index (χ1) is 16.7. The zero-order valence-corrected chi connectivity index (χ0v) is 20.5. The normalized spacial score (nSPS) is 12.2. The first-order valence-corrected chi connectivity index (χ1v) is 11.6. The Hall–Kier alpha value is -3.99. The van der Waals surface area contributed by atoms with Gasteiger partial charge in [0.05, 0.1) is 6.61 Å². The van der Waals surface area contributed by atoms with E-state index in [0.717, 1.165) is 16.7 Å². The first kappa shape index (κ1) is 25.6. The summed E-state index contributed by atoms with van der Waals surface area (Å²) in [4.78, 5) is 38.2. The minimum absolute atomic E-state index is 0.301. The maximum absolute atomic E-state index is 13.5. The molecule has 1 unspecified atom stereocenters. The highest BCUT2D eigenvalue weighted by Crippen LogP contribution is 2.28. The van der Waals surface area contributed by atoms with Crippen molar-refractivity contribution < 1.29 is 23.9 Å². The molecule has 5 nitrogen and oxygen atoms in total. The molecule has 3 aromatic carbocycles. The summed E-state index contributed by atoms with van der Waals surface area (Å²) in [5.74, 6) is -2.48. The van der Waals surface area contributed by atoms with Gasteiger partial charge in [-0.2, -0.15) is 0 Å². The molecule has 0 N–H and O–H groups in total. The van der Waals surface area contributed by atoms with Gasteiger partial charge in [0.1, 0.15) is 11.5 Å².